The topological polar surface area (TPSA) is 66.4 Å². The molecule has 0 fully saturated rings. The highest BCUT2D eigenvalue weighted by Crippen LogP contribution is 2.17. The Morgan fingerprint density at radius 1 is 1.43 bits per heavy atom. The zero-order chi connectivity index (χ0) is 10.7. The van der Waals surface area contributed by atoms with Crippen LogP contribution >= 0.6 is 11.6 Å². The maximum atomic E-state index is 11.2. The maximum Gasteiger partial charge on any atom is 0.337 e. The van der Waals surface area contributed by atoms with Crippen LogP contribution in [-0.2, 0) is 0 Å². The largest absolute Gasteiger partial charge is 0.478 e. The van der Waals surface area contributed by atoms with E-state index in [4.69, 9.17) is 16.7 Å². The van der Waals surface area contributed by atoms with Crippen molar-refractivity contribution in [1.82, 2.24) is 5.32 Å². The molecule has 0 saturated carbocycles. The number of carbonyl (C=O) groups is 2. The molecule has 0 spiro atoms. The molecule has 0 radical (unpaired) electrons. The van der Waals surface area contributed by atoms with Crippen molar-refractivity contribution in [2.45, 2.75) is 0 Å². The number of nitrogens with one attached hydrogen (secondary N) is 1. The van der Waals surface area contributed by atoms with Gasteiger partial charge in [-0.1, -0.05) is 11.6 Å². The Bertz CT molecular complexity index is 390. The van der Waals surface area contributed by atoms with Crippen LogP contribution in [0.3, 0.4) is 0 Å². The predicted molar refractivity (Wildman–Crippen MR) is 51.8 cm³/mol. The number of amides is 1. The van der Waals surface area contributed by atoms with Gasteiger partial charge in [-0.2, -0.15) is 0 Å². The van der Waals surface area contributed by atoms with E-state index in [-0.39, 0.29) is 22.1 Å². The first-order valence-electron chi connectivity index (χ1n) is 3.81. The van der Waals surface area contributed by atoms with Gasteiger partial charge in [0.25, 0.3) is 5.91 Å². The van der Waals surface area contributed by atoms with E-state index in [1.54, 1.807) is 0 Å². The highest BCUT2D eigenvalue weighted by Gasteiger charge is 2.11. The molecule has 5 heteroatoms. The smallest absolute Gasteiger partial charge is 0.337 e. The first-order valence-corrected chi connectivity index (χ1v) is 4.19. The van der Waals surface area contributed by atoms with E-state index in [1.165, 1.54) is 25.2 Å². The number of hydrogen-bond acceptors (Lipinski definition) is 2. The molecule has 14 heavy (non-hydrogen) atoms. The molecule has 0 aromatic heterocycles. The van der Waals surface area contributed by atoms with Crippen LogP contribution in [0.25, 0.3) is 0 Å². The zero-order valence-corrected chi connectivity index (χ0v) is 8.13. The second-order valence-electron chi connectivity index (χ2n) is 2.58. The molecule has 0 unspecified atom stereocenters. The third-order valence-corrected chi connectivity index (χ3v) is 2.02. The summed E-state index contributed by atoms with van der Waals surface area (Å²) in [4.78, 5) is 21.8. The third-order valence-electron chi connectivity index (χ3n) is 1.69. The summed E-state index contributed by atoms with van der Waals surface area (Å²) < 4.78 is 0. The predicted octanol–water partition coefficient (Wildman–Crippen LogP) is 1.40. The summed E-state index contributed by atoms with van der Waals surface area (Å²) in [6.45, 7) is 0. The summed E-state index contributed by atoms with van der Waals surface area (Å²) in [5.74, 6) is -1.50. The van der Waals surface area contributed by atoms with Crippen molar-refractivity contribution in [3.05, 3.63) is 34.3 Å². The van der Waals surface area contributed by atoms with E-state index in [9.17, 15) is 9.59 Å². The minimum absolute atomic E-state index is 0.0761. The highest BCUT2D eigenvalue weighted by molar-refractivity contribution is 6.33. The van der Waals surface area contributed by atoms with Gasteiger partial charge in [-0.05, 0) is 18.2 Å². The first-order chi connectivity index (χ1) is 6.56. The SMILES string of the molecule is CNC(=O)c1ccc(Cl)c(C(=O)O)c1. The molecule has 1 aromatic rings. The molecule has 74 valence electrons. The van der Waals surface area contributed by atoms with Crippen molar-refractivity contribution in [3.8, 4) is 0 Å². The minimum Gasteiger partial charge on any atom is -0.478 e. The van der Waals surface area contributed by atoms with Gasteiger partial charge in [0.05, 0.1) is 10.6 Å². The van der Waals surface area contributed by atoms with Crippen LogP contribution in [0.5, 0.6) is 0 Å². The fourth-order valence-electron chi connectivity index (χ4n) is 0.975. The average molecular weight is 214 g/mol. The number of carboxylic acids is 1. The zero-order valence-electron chi connectivity index (χ0n) is 7.37. The molecule has 1 amide bonds. The molecule has 0 saturated heterocycles. The molecular formula is C9H8ClNO3. The maximum absolute atomic E-state index is 11.2. The molecule has 4 nitrogen and oxygen atoms in total. The van der Waals surface area contributed by atoms with E-state index in [1.807, 2.05) is 0 Å². The lowest BCUT2D eigenvalue weighted by molar-refractivity contribution is 0.0697. The lowest BCUT2D eigenvalue weighted by atomic mass is 10.1. The van der Waals surface area contributed by atoms with Crippen molar-refractivity contribution in [3.63, 3.8) is 0 Å². The van der Waals surface area contributed by atoms with Gasteiger partial charge >= 0.3 is 5.97 Å². The number of benzene rings is 1. The summed E-state index contributed by atoms with van der Waals surface area (Å²) in [6, 6.07) is 4.09. The number of halogens is 1. The Kier molecular flexibility index (Phi) is 3.09. The van der Waals surface area contributed by atoms with Crippen LogP contribution in [0.4, 0.5) is 0 Å². The van der Waals surface area contributed by atoms with E-state index >= 15 is 0 Å². The third kappa shape index (κ3) is 2.03. The lowest BCUT2D eigenvalue weighted by Crippen LogP contribution is -2.18. The van der Waals surface area contributed by atoms with Crippen LogP contribution in [0.2, 0.25) is 5.02 Å². The van der Waals surface area contributed by atoms with Crippen molar-refractivity contribution < 1.29 is 14.7 Å². The Morgan fingerprint density at radius 2 is 2.07 bits per heavy atom. The van der Waals surface area contributed by atoms with Gasteiger partial charge in [0.15, 0.2) is 0 Å². The van der Waals surface area contributed by atoms with E-state index in [2.05, 4.69) is 5.32 Å². The number of carboxylic acid groups (broad SMARTS) is 1. The van der Waals surface area contributed by atoms with Gasteiger partial charge in [0.2, 0.25) is 0 Å². The molecule has 0 heterocycles. The molecule has 1 rings (SSSR count). The molecule has 0 aliphatic rings. The molecule has 0 bridgehead atoms. The van der Waals surface area contributed by atoms with Gasteiger partial charge in [0, 0.05) is 12.6 Å². The lowest BCUT2D eigenvalue weighted by Gasteiger charge is -2.02. The van der Waals surface area contributed by atoms with Gasteiger partial charge in [-0.3, -0.25) is 4.79 Å². The van der Waals surface area contributed by atoms with Gasteiger partial charge in [-0.25, -0.2) is 4.79 Å². The average Bonchev–Trinajstić information content (AvgIpc) is 2.17. The fraction of sp³-hybridized carbons (Fsp3) is 0.111. The van der Waals surface area contributed by atoms with Crippen LogP contribution < -0.4 is 5.32 Å². The van der Waals surface area contributed by atoms with Crippen LogP contribution in [0, 0.1) is 0 Å². The van der Waals surface area contributed by atoms with Crippen molar-refractivity contribution in [2.75, 3.05) is 7.05 Å². The van der Waals surface area contributed by atoms with Crippen LogP contribution in [0.15, 0.2) is 18.2 Å². The number of hydrogen-bond donors (Lipinski definition) is 2. The van der Waals surface area contributed by atoms with Crippen LogP contribution in [0.1, 0.15) is 20.7 Å². The van der Waals surface area contributed by atoms with E-state index in [0.717, 1.165) is 0 Å². The summed E-state index contributed by atoms with van der Waals surface area (Å²) in [5.41, 5.74) is 0.196. The van der Waals surface area contributed by atoms with Crippen LogP contribution in [-0.4, -0.2) is 24.0 Å². The number of rotatable bonds is 2. The van der Waals surface area contributed by atoms with Crippen molar-refractivity contribution in [2.24, 2.45) is 0 Å². The van der Waals surface area contributed by atoms with Crippen molar-refractivity contribution >= 4 is 23.5 Å². The van der Waals surface area contributed by atoms with E-state index < -0.39 is 5.97 Å². The minimum atomic E-state index is -1.15. The Balaban J connectivity index is 3.19. The Hall–Kier alpha value is -1.55. The molecule has 2 N–H and O–H groups in total. The van der Waals surface area contributed by atoms with Gasteiger partial charge < -0.3 is 10.4 Å². The molecule has 0 aliphatic heterocycles. The van der Waals surface area contributed by atoms with Gasteiger partial charge in [-0.15, -0.1) is 0 Å². The summed E-state index contributed by atoms with van der Waals surface area (Å²) >= 11 is 5.63. The fourth-order valence-corrected chi connectivity index (χ4v) is 1.17. The standard InChI is InChI=1S/C9H8ClNO3/c1-11-8(12)5-2-3-7(10)6(4-5)9(13)14/h2-4H,1H3,(H,11,12)(H,13,14). The summed E-state index contributed by atoms with van der Waals surface area (Å²) in [6.07, 6.45) is 0. The second-order valence-corrected chi connectivity index (χ2v) is 2.99. The van der Waals surface area contributed by atoms with Gasteiger partial charge in [0.1, 0.15) is 0 Å². The Morgan fingerprint density at radius 3 is 2.57 bits per heavy atom. The second kappa shape index (κ2) is 4.11. The number of aromatic carboxylic acids is 1. The highest BCUT2D eigenvalue weighted by atomic mass is 35.5. The summed E-state index contributed by atoms with van der Waals surface area (Å²) in [7, 11) is 1.47. The Labute approximate surface area is 85.5 Å². The number of carbonyl (C=O) groups excluding carboxylic acids is 1. The van der Waals surface area contributed by atoms with E-state index in [0.29, 0.717) is 0 Å². The quantitative estimate of drug-likeness (QED) is 0.781. The first kappa shape index (κ1) is 10.5. The molecule has 0 aliphatic carbocycles. The monoisotopic (exact) mass is 213 g/mol. The molecule has 1 aromatic carbocycles. The summed E-state index contributed by atoms with van der Waals surface area (Å²) in [5, 5.41) is 11.2. The molecule has 0 atom stereocenters. The normalized spacial score (nSPS) is 9.57. The van der Waals surface area contributed by atoms with Crippen molar-refractivity contribution in [1.29, 1.82) is 0 Å². The molecular weight excluding hydrogens is 206 g/mol.